The van der Waals surface area contributed by atoms with E-state index in [9.17, 15) is 4.79 Å². The average molecular weight is 455 g/mol. The molecule has 0 spiro atoms. The molecule has 34 heavy (non-hydrogen) atoms. The van der Waals surface area contributed by atoms with Crippen LogP contribution in [0.5, 0.6) is 0 Å². The van der Waals surface area contributed by atoms with Crippen molar-refractivity contribution in [2.24, 2.45) is 7.05 Å². The summed E-state index contributed by atoms with van der Waals surface area (Å²) in [5, 5.41) is 3.58. The largest absolute Gasteiger partial charge is 0.367 e. The van der Waals surface area contributed by atoms with Gasteiger partial charge in [-0.1, -0.05) is 31.2 Å². The van der Waals surface area contributed by atoms with Gasteiger partial charge in [0.2, 0.25) is 0 Å². The zero-order valence-corrected chi connectivity index (χ0v) is 20.5. The van der Waals surface area contributed by atoms with Crippen molar-refractivity contribution < 1.29 is 4.79 Å². The van der Waals surface area contributed by atoms with Crippen LogP contribution in [-0.4, -0.2) is 45.4 Å². The van der Waals surface area contributed by atoms with Crippen molar-refractivity contribution in [2.45, 2.75) is 45.2 Å². The SMILES string of the molecule is CC1C/C=C/C(C2=C/C(=O)N3C=C(N4C[C@@H](C)N[C@@H](C)C4)C=C/C3=C\C=C\2)=C\c2ccn(C)c21. The van der Waals surface area contributed by atoms with Crippen molar-refractivity contribution in [2.75, 3.05) is 13.1 Å². The highest BCUT2D eigenvalue weighted by molar-refractivity contribution is 5.93. The van der Waals surface area contributed by atoms with Crippen molar-refractivity contribution >= 4 is 12.0 Å². The second-order valence-corrected chi connectivity index (χ2v) is 9.93. The molecule has 0 aromatic carbocycles. The highest BCUT2D eigenvalue weighted by atomic mass is 16.2. The van der Waals surface area contributed by atoms with E-state index < -0.39 is 0 Å². The Hall–Kier alpha value is -3.31. The second-order valence-electron chi connectivity index (χ2n) is 9.93. The van der Waals surface area contributed by atoms with E-state index in [1.54, 1.807) is 11.0 Å². The molecular formula is C29H34N4O. The third-order valence-electron chi connectivity index (χ3n) is 7.00. The van der Waals surface area contributed by atoms with E-state index in [1.165, 1.54) is 11.3 Å². The van der Waals surface area contributed by atoms with Crippen LogP contribution in [-0.2, 0) is 11.8 Å². The monoisotopic (exact) mass is 454 g/mol. The van der Waals surface area contributed by atoms with Gasteiger partial charge in [0.15, 0.2) is 0 Å². The summed E-state index contributed by atoms with van der Waals surface area (Å²) < 4.78 is 2.21. The van der Waals surface area contributed by atoms with Crippen LogP contribution in [0.1, 0.15) is 44.4 Å². The first kappa shape index (κ1) is 22.5. The third-order valence-corrected chi connectivity index (χ3v) is 7.00. The van der Waals surface area contributed by atoms with E-state index in [1.807, 2.05) is 30.5 Å². The highest BCUT2D eigenvalue weighted by Gasteiger charge is 2.26. The molecular weight excluding hydrogens is 420 g/mol. The molecule has 3 atom stereocenters. The summed E-state index contributed by atoms with van der Waals surface area (Å²) in [5.74, 6) is 0.429. The van der Waals surface area contributed by atoms with Crippen LogP contribution in [0.4, 0.5) is 0 Å². The van der Waals surface area contributed by atoms with Gasteiger partial charge in [-0.3, -0.25) is 9.69 Å². The number of piperazine rings is 1. The molecule has 0 saturated carbocycles. The molecule has 1 saturated heterocycles. The third kappa shape index (κ3) is 4.40. The lowest BCUT2D eigenvalue weighted by molar-refractivity contribution is -0.122. The van der Waals surface area contributed by atoms with Crippen LogP contribution < -0.4 is 5.32 Å². The second kappa shape index (κ2) is 9.15. The number of allylic oxidation sites excluding steroid dienone is 9. The van der Waals surface area contributed by atoms with E-state index in [0.29, 0.717) is 18.0 Å². The molecule has 0 radical (unpaired) electrons. The fraction of sp³-hybridized carbons (Fsp3) is 0.345. The van der Waals surface area contributed by atoms with Gasteiger partial charge in [-0.2, -0.15) is 0 Å². The summed E-state index contributed by atoms with van der Waals surface area (Å²) in [6.45, 7) is 8.53. The van der Waals surface area contributed by atoms with Gasteiger partial charge < -0.3 is 14.8 Å². The van der Waals surface area contributed by atoms with Gasteiger partial charge in [-0.25, -0.2) is 0 Å². The van der Waals surface area contributed by atoms with Crippen LogP contribution >= 0.6 is 0 Å². The van der Waals surface area contributed by atoms with E-state index in [2.05, 4.69) is 79.2 Å². The van der Waals surface area contributed by atoms with Crippen LogP contribution in [0.25, 0.3) is 6.08 Å². The normalized spacial score (nSPS) is 33.4. The Morgan fingerprint density at radius 1 is 0.941 bits per heavy atom. The molecule has 5 nitrogen and oxygen atoms in total. The first-order valence-corrected chi connectivity index (χ1v) is 12.3. The maximum absolute atomic E-state index is 13.5. The lowest BCUT2D eigenvalue weighted by atomic mass is 9.92. The Kier molecular flexibility index (Phi) is 6.05. The summed E-state index contributed by atoms with van der Waals surface area (Å²) in [7, 11) is 2.10. The minimum Gasteiger partial charge on any atom is -0.367 e. The standard InChI is InChI=1S/C29H34N4O/c1-20-7-5-8-23(15-25-13-14-31(4)29(20)25)24-9-6-10-26-11-12-27(19-33(26)28(34)16-24)32-17-21(2)30-22(3)18-32/h5-6,8-16,19-22,30H,7,17-18H2,1-4H3/b8-5+,9-6+,23-15+,24-16+,26-10+/t20?,21-,22+. The number of amides is 1. The van der Waals surface area contributed by atoms with Crippen LogP contribution in [0.15, 0.2) is 89.6 Å². The Labute approximate surface area is 202 Å². The summed E-state index contributed by atoms with van der Waals surface area (Å²) >= 11 is 0. The molecule has 4 heterocycles. The summed E-state index contributed by atoms with van der Waals surface area (Å²) in [4.78, 5) is 17.6. The Balaban J connectivity index is 1.47. The van der Waals surface area contributed by atoms with Crippen molar-refractivity contribution in [1.82, 2.24) is 19.7 Å². The summed E-state index contributed by atoms with van der Waals surface area (Å²) in [6.07, 6.45) is 23.7. The summed E-state index contributed by atoms with van der Waals surface area (Å²) in [6, 6.07) is 2.99. The number of nitrogens with one attached hydrogen (secondary N) is 1. The van der Waals surface area contributed by atoms with Gasteiger partial charge in [-0.05, 0) is 67.3 Å². The van der Waals surface area contributed by atoms with E-state index >= 15 is 0 Å². The number of rotatable bonds is 2. The molecule has 0 bridgehead atoms. The van der Waals surface area contributed by atoms with Gasteiger partial charge >= 0.3 is 0 Å². The number of carbonyl (C=O) groups excluding carboxylic acids is 1. The Morgan fingerprint density at radius 3 is 2.47 bits per heavy atom. The number of aryl methyl sites for hydroxylation is 1. The van der Waals surface area contributed by atoms with Crippen molar-refractivity contribution in [3.63, 3.8) is 0 Å². The number of hydrogen-bond acceptors (Lipinski definition) is 3. The molecule has 3 aliphatic heterocycles. The molecule has 1 aromatic rings. The quantitative estimate of drug-likeness (QED) is 0.700. The number of fused-ring (bicyclic) bond motifs is 2. The molecule has 1 amide bonds. The molecule has 1 aromatic heterocycles. The van der Waals surface area contributed by atoms with Gasteiger partial charge in [0.05, 0.1) is 5.70 Å². The number of carbonyl (C=O) groups is 1. The molecule has 1 fully saturated rings. The number of hydrogen-bond donors (Lipinski definition) is 1. The Morgan fingerprint density at radius 2 is 1.68 bits per heavy atom. The predicted octanol–water partition coefficient (Wildman–Crippen LogP) is 4.77. The number of aromatic nitrogens is 1. The van der Waals surface area contributed by atoms with Gasteiger partial charge in [-0.15, -0.1) is 0 Å². The van der Waals surface area contributed by atoms with E-state index in [0.717, 1.165) is 42.1 Å². The zero-order chi connectivity index (χ0) is 23.8. The molecule has 1 unspecified atom stereocenters. The smallest absolute Gasteiger partial charge is 0.255 e. The molecule has 4 aliphatic rings. The van der Waals surface area contributed by atoms with E-state index in [-0.39, 0.29) is 5.91 Å². The highest BCUT2D eigenvalue weighted by Crippen LogP contribution is 2.31. The molecule has 5 heteroatoms. The molecule has 5 rings (SSSR count). The molecule has 1 N–H and O–H groups in total. The predicted molar refractivity (Wildman–Crippen MR) is 139 cm³/mol. The first-order valence-electron chi connectivity index (χ1n) is 12.3. The lowest BCUT2D eigenvalue weighted by Gasteiger charge is -2.39. The maximum atomic E-state index is 13.5. The Bertz CT molecular complexity index is 1190. The van der Waals surface area contributed by atoms with Gasteiger partial charge in [0, 0.05) is 68.0 Å². The molecule has 1 aliphatic carbocycles. The van der Waals surface area contributed by atoms with E-state index in [4.69, 9.17) is 0 Å². The zero-order valence-electron chi connectivity index (χ0n) is 20.5. The fourth-order valence-corrected chi connectivity index (χ4v) is 5.45. The first-order chi connectivity index (χ1) is 16.4. The summed E-state index contributed by atoms with van der Waals surface area (Å²) in [5.41, 5.74) is 6.51. The van der Waals surface area contributed by atoms with Crippen molar-refractivity contribution in [3.8, 4) is 0 Å². The molecule has 176 valence electrons. The van der Waals surface area contributed by atoms with Gasteiger partial charge in [0.1, 0.15) is 0 Å². The van der Waals surface area contributed by atoms with Crippen LogP contribution in [0.2, 0.25) is 0 Å². The van der Waals surface area contributed by atoms with Crippen LogP contribution in [0.3, 0.4) is 0 Å². The lowest BCUT2D eigenvalue weighted by Crippen LogP contribution is -2.53. The topological polar surface area (TPSA) is 40.5 Å². The van der Waals surface area contributed by atoms with Crippen molar-refractivity contribution in [1.29, 1.82) is 0 Å². The average Bonchev–Trinajstić information content (AvgIpc) is 3.13. The number of nitrogens with zero attached hydrogens (tertiary/aromatic N) is 3. The van der Waals surface area contributed by atoms with Crippen molar-refractivity contribution in [3.05, 3.63) is 101 Å². The minimum atomic E-state index is -0.0262. The minimum absolute atomic E-state index is 0.0262. The maximum Gasteiger partial charge on any atom is 0.255 e. The van der Waals surface area contributed by atoms with Gasteiger partial charge in [0.25, 0.3) is 5.91 Å². The fourth-order valence-electron chi connectivity index (χ4n) is 5.45. The van der Waals surface area contributed by atoms with Crippen LogP contribution in [0, 0.1) is 0 Å².